The van der Waals surface area contributed by atoms with Gasteiger partial charge in [-0.3, -0.25) is 0 Å². The van der Waals surface area contributed by atoms with E-state index in [1.165, 1.54) is 11.0 Å². The fourth-order valence-electron chi connectivity index (χ4n) is 3.36. The Kier molecular flexibility index (Phi) is 5.61. The number of phenols is 2. The molecule has 1 saturated heterocycles. The van der Waals surface area contributed by atoms with Gasteiger partial charge in [-0.2, -0.15) is 0 Å². The zero-order valence-corrected chi connectivity index (χ0v) is 16.7. The summed E-state index contributed by atoms with van der Waals surface area (Å²) in [6.07, 6.45) is 2.24. The smallest absolute Gasteiger partial charge is 0.201 e. The first-order chi connectivity index (χ1) is 13.2. The van der Waals surface area contributed by atoms with E-state index >= 15 is 0 Å². The van der Waals surface area contributed by atoms with Gasteiger partial charge >= 0.3 is 0 Å². The van der Waals surface area contributed by atoms with Crippen LogP contribution in [0.3, 0.4) is 0 Å². The summed E-state index contributed by atoms with van der Waals surface area (Å²) in [4.78, 5) is 2.10. The number of ether oxygens (including phenoxy) is 2. The Hall–Kier alpha value is -1.70. The van der Waals surface area contributed by atoms with Gasteiger partial charge in [0.15, 0.2) is 11.5 Å². The van der Waals surface area contributed by atoms with E-state index < -0.39 is 0 Å². The van der Waals surface area contributed by atoms with Crippen LogP contribution in [0.4, 0.5) is 5.69 Å². The number of hydrogen-bond donors (Lipinski definition) is 3. The van der Waals surface area contributed by atoms with Gasteiger partial charge in [0, 0.05) is 16.3 Å². The largest absolute Gasteiger partial charge is 0.504 e. The fraction of sp³-hybridized carbons (Fsp3) is 0.400. The predicted octanol–water partition coefficient (Wildman–Crippen LogP) is 4.68. The van der Waals surface area contributed by atoms with Gasteiger partial charge in [-0.25, -0.2) is 0 Å². The molecule has 0 spiro atoms. The van der Waals surface area contributed by atoms with Crippen molar-refractivity contribution in [2.24, 2.45) is 0 Å². The monoisotopic (exact) mass is 405 g/mol. The average Bonchev–Trinajstić information content (AvgIpc) is 2.69. The predicted molar refractivity (Wildman–Crippen MR) is 109 cm³/mol. The summed E-state index contributed by atoms with van der Waals surface area (Å²) in [6, 6.07) is 11.6. The molecule has 0 saturated carbocycles. The molecule has 2 aromatic carbocycles. The molecule has 4 rings (SSSR count). The van der Waals surface area contributed by atoms with Gasteiger partial charge in [-0.05, 0) is 44.0 Å². The van der Waals surface area contributed by atoms with Crippen LogP contribution in [0.5, 0.6) is 17.2 Å². The van der Waals surface area contributed by atoms with Crippen LogP contribution in [-0.4, -0.2) is 40.2 Å². The SMILES string of the molecule is CCOc1c(SCC2CCC3Sc4ccccc4NC3O2)ccc(O)c1O. The Labute approximate surface area is 167 Å². The molecule has 2 aliphatic rings. The van der Waals surface area contributed by atoms with Crippen LogP contribution >= 0.6 is 23.5 Å². The molecule has 3 N–H and O–H groups in total. The van der Waals surface area contributed by atoms with E-state index in [0.717, 1.165) is 29.2 Å². The summed E-state index contributed by atoms with van der Waals surface area (Å²) in [6.45, 7) is 2.28. The zero-order chi connectivity index (χ0) is 18.8. The molecule has 27 heavy (non-hydrogen) atoms. The lowest BCUT2D eigenvalue weighted by atomic mass is 10.1. The Morgan fingerprint density at radius 1 is 1.22 bits per heavy atom. The number of para-hydroxylation sites is 1. The summed E-state index contributed by atoms with van der Waals surface area (Å²) in [5, 5.41) is 23.7. The molecular formula is C20H23NO4S2. The maximum Gasteiger partial charge on any atom is 0.201 e. The van der Waals surface area contributed by atoms with Gasteiger partial charge in [-0.15, -0.1) is 23.5 Å². The third kappa shape index (κ3) is 3.95. The van der Waals surface area contributed by atoms with Crippen molar-refractivity contribution in [3.05, 3.63) is 36.4 Å². The Bertz CT molecular complexity index is 817. The standard InChI is InChI=1S/C20H23NO4S2/c1-2-24-19-16(10-8-14(22)18(19)23)26-11-12-7-9-17-20(25-12)21-13-5-3-4-6-15(13)27-17/h3-6,8,10,12,17,20-23H,2,7,9,11H2,1H3. The average molecular weight is 406 g/mol. The number of fused-ring (bicyclic) bond motifs is 2. The Morgan fingerprint density at radius 3 is 2.93 bits per heavy atom. The summed E-state index contributed by atoms with van der Waals surface area (Å²) < 4.78 is 11.8. The molecule has 0 amide bonds. The van der Waals surface area contributed by atoms with E-state index in [4.69, 9.17) is 9.47 Å². The van der Waals surface area contributed by atoms with Crippen molar-refractivity contribution in [2.75, 3.05) is 17.7 Å². The lowest BCUT2D eigenvalue weighted by Crippen LogP contribution is -2.44. The lowest BCUT2D eigenvalue weighted by molar-refractivity contribution is -0.0182. The summed E-state index contributed by atoms with van der Waals surface area (Å²) in [7, 11) is 0. The van der Waals surface area contributed by atoms with Gasteiger partial charge in [0.05, 0.1) is 22.9 Å². The Balaban J connectivity index is 1.40. The van der Waals surface area contributed by atoms with Crippen molar-refractivity contribution in [3.8, 4) is 17.2 Å². The maximum atomic E-state index is 10.1. The van der Waals surface area contributed by atoms with Crippen molar-refractivity contribution in [2.45, 2.75) is 47.1 Å². The summed E-state index contributed by atoms with van der Waals surface area (Å²) in [5.41, 5.74) is 1.14. The van der Waals surface area contributed by atoms with E-state index in [0.29, 0.717) is 17.6 Å². The van der Waals surface area contributed by atoms with E-state index in [-0.39, 0.29) is 23.8 Å². The van der Waals surface area contributed by atoms with E-state index in [9.17, 15) is 10.2 Å². The highest BCUT2D eigenvalue weighted by molar-refractivity contribution is 8.00. The molecule has 0 radical (unpaired) electrons. The third-order valence-electron chi connectivity index (χ3n) is 4.70. The molecule has 2 aromatic rings. The van der Waals surface area contributed by atoms with Crippen LogP contribution in [0.2, 0.25) is 0 Å². The van der Waals surface area contributed by atoms with Gasteiger partial charge in [0.2, 0.25) is 5.75 Å². The molecule has 5 nitrogen and oxygen atoms in total. The molecule has 144 valence electrons. The van der Waals surface area contributed by atoms with Gasteiger partial charge in [0.25, 0.3) is 0 Å². The van der Waals surface area contributed by atoms with Gasteiger partial charge in [-0.1, -0.05) is 12.1 Å². The summed E-state index contributed by atoms with van der Waals surface area (Å²) >= 11 is 3.48. The van der Waals surface area contributed by atoms with Crippen LogP contribution in [0, 0.1) is 0 Å². The van der Waals surface area contributed by atoms with Crippen LogP contribution in [-0.2, 0) is 4.74 Å². The summed E-state index contributed by atoms with van der Waals surface area (Å²) in [5.74, 6) is 0.744. The first-order valence-electron chi connectivity index (χ1n) is 9.14. The Morgan fingerprint density at radius 2 is 2.07 bits per heavy atom. The molecule has 3 unspecified atom stereocenters. The minimum atomic E-state index is -0.201. The van der Waals surface area contributed by atoms with E-state index in [1.54, 1.807) is 17.8 Å². The van der Waals surface area contributed by atoms with Crippen molar-refractivity contribution in [3.63, 3.8) is 0 Å². The maximum absolute atomic E-state index is 10.1. The van der Waals surface area contributed by atoms with Crippen molar-refractivity contribution < 1.29 is 19.7 Å². The topological polar surface area (TPSA) is 71.0 Å². The second-order valence-electron chi connectivity index (χ2n) is 6.56. The number of rotatable bonds is 5. The number of aromatic hydroxyl groups is 2. The number of benzene rings is 2. The lowest BCUT2D eigenvalue weighted by Gasteiger charge is -2.40. The van der Waals surface area contributed by atoms with Gasteiger partial charge in [0.1, 0.15) is 6.23 Å². The highest BCUT2D eigenvalue weighted by atomic mass is 32.2. The molecule has 2 aliphatic heterocycles. The van der Waals surface area contributed by atoms with Gasteiger partial charge < -0.3 is 25.0 Å². The van der Waals surface area contributed by atoms with E-state index in [1.807, 2.05) is 24.8 Å². The second kappa shape index (κ2) is 8.12. The normalized spacial score (nSPS) is 23.8. The first-order valence-corrected chi connectivity index (χ1v) is 11.0. The minimum absolute atomic E-state index is 0.0174. The third-order valence-corrected chi connectivity index (χ3v) is 7.27. The molecule has 3 atom stereocenters. The molecular weight excluding hydrogens is 382 g/mol. The van der Waals surface area contributed by atoms with E-state index in [2.05, 4.69) is 23.5 Å². The molecule has 7 heteroatoms. The molecule has 2 heterocycles. The van der Waals surface area contributed by atoms with Crippen LogP contribution < -0.4 is 10.1 Å². The highest BCUT2D eigenvalue weighted by Gasteiger charge is 2.35. The number of phenolic OH excluding ortho intramolecular Hbond substituents is 2. The minimum Gasteiger partial charge on any atom is -0.504 e. The number of nitrogens with one attached hydrogen (secondary N) is 1. The molecule has 1 fully saturated rings. The highest BCUT2D eigenvalue weighted by Crippen LogP contribution is 2.45. The second-order valence-corrected chi connectivity index (χ2v) is 8.90. The number of anilines is 1. The zero-order valence-electron chi connectivity index (χ0n) is 15.1. The van der Waals surface area contributed by atoms with Crippen molar-refractivity contribution in [1.82, 2.24) is 0 Å². The molecule has 0 aromatic heterocycles. The van der Waals surface area contributed by atoms with Crippen LogP contribution in [0.15, 0.2) is 46.2 Å². The molecule has 0 bridgehead atoms. The van der Waals surface area contributed by atoms with Crippen molar-refractivity contribution >= 4 is 29.2 Å². The first kappa shape index (κ1) is 18.7. The number of hydrogen-bond acceptors (Lipinski definition) is 7. The van der Waals surface area contributed by atoms with Crippen molar-refractivity contribution in [1.29, 1.82) is 0 Å². The quantitative estimate of drug-likeness (QED) is 0.493. The molecule has 0 aliphatic carbocycles. The fourth-order valence-corrected chi connectivity index (χ4v) is 5.67. The van der Waals surface area contributed by atoms with Crippen LogP contribution in [0.1, 0.15) is 19.8 Å². The number of thioether (sulfide) groups is 2. The van der Waals surface area contributed by atoms with Crippen LogP contribution in [0.25, 0.3) is 0 Å².